The zero-order valence-electron chi connectivity index (χ0n) is 11.1. The maximum atomic E-state index is 14.1. The van der Waals surface area contributed by atoms with E-state index >= 15 is 0 Å². The Morgan fingerprint density at radius 2 is 1.67 bits per heavy atom. The van der Waals surface area contributed by atoms with Crippen molar-refractivity contribution in [1.29, 1.82) is 0 Å². The van der Waals surface area contributed by atoms with Crippen molar-refractivity contribution < 1.29 is 18.6 Å². The summed E-state index contributed by atoms with van der Waals surface area (Å²) in [5, 5.41) is 15.3. The first-order valence-corrected chi connectivity index (χ1v) is 6.20. The molecular formula is C15H12F2N2O2. The molecule has 0 radical (unpaired) electrons. The number of nitrogens with one attached hydrogen (secondary N) is 2. The van der Waals surface area contributed by atoms with Crippen LogP contribution in [0.4, 0.5) is 20.2 Å². The molecule has 3 rings (SSSR count). The summed E-state index contributed by atoms with van der Waals surface area (Å²) in [6.45, 7) is 0. The molecule has 0 atom stereocenters. The van der Waals surface area contributed by atoms with Crippen molar-refractivity contribution >= 4 is 17.1 Å². The Balaban J connectivity index is 2.17. The van der Waals surface area contributed by atoms with Gasteiger partial charge in [-0.1, -0.05) is 12.1 Å². The molecule has 21 heavy (non-hydrogen) atoms. The SMILES string of the molecule is COC1=C(c2c(F)ccc(O)c2F)Nc2ccccc2N1. The summed E-state index contributed by atoms with van der Waals surface area (Å²) in [5.74, 6) is -2.32. The number of halogens is 2. The summed E-state index contributed by atoms with van der Waals surface area (Å²) in [5.41, 5.74) is 1.07. The second-order valence-electron chi connectivity index (χ2n) is 4.46. The fourth-order valence-electron chi connectivity index (χ4n) is 2.18. The summed E-state index contributed by atoms with van der Waals surface area (Å²) >= 11 is 0. The molecule has 0 aliphatic carbocycles. The molecule has 0 fully saturated rings. The smallest absolute Gasteiger partial charge is 0.216 e. The molecule has 1 aliphatic heterocycles. The molecule has 0 aromatic heterocycles. The Morgan fingerprint density at radius 3 is 2.33 bits per heavy atom. The molecule has 108 valence electrons. The van der Waals surface area contributed by atoms with Gasteiger partial charge in [0.25, 0.3) is 0 Å². The maximum absolute atomic E-state index is 14.1. The van der Waals surface area contributed by atoms with E-state index in [-0.39, 0.29) is 17.1 Å². The van der Waals surface area contributed by atoms with Crippen LogP contribution in [0.5, 0.6) is 5.75 Å². The van der Waals surface area contributed by atoms with E-state index in [0.29, 0.717) is 5.69 Å². The van der Waals surface area contributed by atoms with E-state index in [2.05, 4.69) is 10.6 Å². The number of hydrogen-bond donors (Lipinski definition) is 3. The van der Waals surface area contributed by atoms with Crippen LogP contribution < -0.4 is 10.6 Å². The molecule has 0 unspecified atom stereocenters. The zero-order valence-corrected chi connectivity index (χ0v) is 11.1. The Kier molecular flexibility index (Phi) is 3.13. The molecule has 0 saturated carbocycles. The Bertz CT molecular complexity index is 744. The maximum Gasteiger partial charge on any atom is 0.216 e. The quantitative estimate of drug-likeness (QED) is 0.792. The first-order valence-electron chi connectivity index (χ1n) is 6.20. The van der Waals surface area contributed by atoms with Crippen LogP contribution in [0.2, 0.25) is 0 Å². The number of ether oxygens (including phenoxy) is 1. The number of rotatable bonds is 2. The van der Waals surface area contributed by atoms with Gasteiger partial charge in [0.1, 0.15) is 11.5 Å². The third kappa shape index (κ3) is 2.14. The van der Waals surface area contributed by atoms with Crippen LogP contribution in [-0.4, -0.2) is 12.2 Å². The van der Waals surface area contributed by atoms with Crippen LogP contribution in [0.25, 0.3) is 5.70 Å². The van der Waals surface area contributed by atoms with Gasteiger partial charge >= 0.3 is 0 Å². The van der Waals surface area contributed by atoms with Crippen molar-refractivity contribution in [3.8, 4) is 5.75 Å². The van der Waals surface area contributed by atoms with E-state index in [0.717, 1.165) is 17.8 Å². The lowest BCUT2D eigenvalue weighted by atomic mass is 10.1. The largest absolute Gasteiger partial charge is 0.505 e. The molecule has 0 amide bonds. The van der Waals surface area contributed by atoms with Crippen LogP contribution >= 0.6 is 0 Å². The predicted molar refractivity (Wildman–Crippen MR) is 75.6 cm³/mol. The highest BCUT2D eigenvalue weighted by molar-refractivity contribution is 5.90. The highest BCUT2D eigenvalue weighted by Crippen LogP contribution is 2.37. The van der Waals surface area contributed by atoms with Gasteiger partial charge in [0, 0.05) is 0 Å². The lowest BCUT2D eigenvalue weighted by Crippen LogP contribution is -2.18. The lowest BCUT2D eigenvalue weighted by molar-refractivity contribution is 0.298. The van der Waals surface area contributed by atoms with Crippen LogP contribution in [0, 0.1) is 11.6 Å². The molecule has 0 saturated heterocycles. The van der Waals surface area contributed by atoms with Gasteiger partial charge in [-0.25, -0.2) is 8.78 Å². The first kappa shape index (κ1) is 13.2. The van der Waals surface area contributed by atoms with E-state index in [9.17, 15) is 13.9 Å². The van der Waals surface area contributed by atoms with Crippen molar-refractivity contribution in [3.05, 3.63) is 59.5 Å². The van der Waals surface area contributed by atoms with Crippen molar-refractivity contribution in [2.45, 2.75) is 0 Å². The summed E-state index contributed by atoms with van der Waals surface area (Å²) in [7, 11) is 1.39. The van der Waals surface area contributed by atoms with E-state index in [1.807, 2.05) is 6.07 Å². The van der Waals surface area contributed by atoms with Crippen LogP contribution in [-0.2, 0) is 4.74 Å². The van der Waals surface area contributed by atoms with E-state index in [1.54, 1.807) is 18.2 Å². The minimum Gasteiger partial charge on any atom is -0.505 e. The number of hydrogen-bond acceptors (Lipinski definition) is 4. The molecule has 6 heteroatoms. The molecule has 4 nitrogen and oxygen atoms in total. The van der Waals surface area contributed by atoms with Crippen LogP contribution in [0.15, 0.2) is 42.3 Å². The highest BCUT2D eigenvalue weighted by atomic mass is 19.1. The van der Waals surface area contributed by atoms with Gasteiger partial charge in [0.15, 0.2) is 11.6 Å². The third-order valence-electron chi connectivity index (χ3n) is 3.19. The van der Waals surface area contributed by atoms with E-state index < -0.39 is 17.4 Å². The molecule has 2 aromatic rings. The van der Waals surface area contributed by atoms with Gasteiger partial charge in [-0.05, 0) is 24.3 Å². The molecule has 1 heterocycles. The van der Waals surface area contributed by atoms with Gasteiger partial charge in [-0.3, -0.25) is 0 Å². The topological polar surface area (TPSA) is 53.5 Å². The molecule has 0 bridgehead atoms. The Labute approximate surface area is 119 Å². The Morgan fingerprint density at radius 1 is 1.00 bits per heavy atom. The van der Waals surface area contributed by atoms with Gasteiger partial charge in [-0.2, -0.15) is 0 Å². The monoisotopic (exact) mass is 290 g/mol. The van der Waals surface area contributed by atoms with E-state index in [1.165, 1.54) is 7.11 Å². The fourth-order valence-corrected chi connectivity index (χ4v) is 2.18. The van der Waals surface area contributed by atoms with Crippen LogP contribution in [0.3, 0.4) is 0 Å². The minimum atomic E-state index is -1.05. The van der Waals surface area contributed by atoms with Crippen molar-refractivity contribution in [2.24, 2.45) is 0 Å². The molecule has 1 aliphatic rings. The van der Waals surface area contributed by atoms with Gasteiger partial charge < -0.3 is 20.5 Å². The average Bonchev–Trinajstić information content (AvgIpc) is 2.50. The summed E-state index contributed by atoms with van der Waals surface area (Å²) in [6.07, 6.45) is 0. The molecule has 2 aromatic carbocycles. The standard InChI is InChI=1S/C15H12F2N2O2/c1-21-15-14(12-8(16)6-7-11(20)13(12)17)18-9-4-2-3-5-10(9)19-15/h2-7,18-20H,1H3. The van der Waals surface area contributed by atoms with Gasteiger partial charge in [0.2, 0.25) is 5.88 Å². The Hall–Kier alpha value is -2.76. The number of phenolic OH excluding ortho intramolecular Hbond substituents is 1. The van der Waals surface area contributed by atoms with Crippen molar-refractivity contribution in [3.63, 3.8) is 0 Å². The van der Waals surface area contributed by atoms with Gasteiger partial charge in [-0.15, -0.1) is 0 Å². The second kappa shape index (κ2) is 4.97. The predicted octanol–water partition coefficient (Wildman–Crippen LogP) is 3.48. The highest BCUT2D eigenvalue weighted by Gasteiger charge is 2.25. The van der Waals surface area contributed by atoms with Crippen molar-refractivity contribution in [2.75, 3.05) is 17.7 Å². The number of anilines is 2. The summed E-state index contributed by atoms with van der Waals surface area (Å²) < 4.78 is 33.2. The zero-order chi connectivity index (χ0) is 15.0. The first-order chi connectivity index (χ1) is 10.1. The molecule has 0 spiro atoms. The molecule has 3 N–H and O–H groups in total. The second-order valence-corrected chi connectivity index (χ2v) is 4.46. The minimum absolute atomic E-state index is 0.0853. The number of para-hydroxylation sites is 2. The van der Waals surface area contributed by atoms with Crippen molar-refractivity contribution in [1.82, 2.24) is 0 Å². The third-order valence-corrected chi connectivity index (χ3v) is 3.19. The summed E-state index contributed by atoms with van der Waals surface area (Å²) in [4.78, 5) is 0. The number of fused-ring (bicyclic) bond motifs is 1. The fraction of sp³-hybridized carbons (Fsp3) is 0.0667. The van der Waals surface area contributed by atoms with Crippen LogP contribution in [0.1, 0.15) is 5.56 Å². The average molecular weight is 290 g/mol. The number of aromatic hydroxyl groups is 1. The number of methoxy groups -OCH3 is 1. The number of benzene rings is 2. The van der Waals surface area contributed by atoms with Gasteiger partial charge in [0.05, 0.1) is 24.0 Å². The number of phenols is 1. The van der Waals surface area contributed by atoms with E-state index in [4.69, 9.17) is 4.74 Å². The lowest BCUT2D eigenvalue weighted by Gasteiger charge is -2.25. The normalized spacial score (nSPS) is 13.3. The molecular weight excluding hydrogens is 278 g/mol. The summed E-state index contributed by atoms with van der Waals surface area (Å²) in [6, 6.07) is 9.13.